The van der Waals surface area contributed by atoms with Gasteiger partial charge in [0, 0.05) is 26.2 Å². The maximum absolute atomic E-state index is 13.3. The molecule has 5 nitrogen and oxygen atoms in total. The van der Waals surface area contributed by atoms with Crippen molar-refractivity contribution in [2.45, 2.75) is 6.10 Å². The van der Waals surface area contributed by atoms with Crippen LogP contribution in [-0.4, -0.2) is 61.4 Å². The van der Waals surface area contributed by atoms with E-state index in [0.717, 1.165) is 13.1 Å². The van der Waals surface area contributed by atoms with Gasteiger partial charge in [0.2, 0.25) is 0 Å². The van der Waals surface area contributed by atoms with Gasteiger partial charge >= 0.3 is 0 Å². The first kappa shape index (κ1) is 16.2. The van der Waals surface area contributed by atoms with Crippen molar-refractivity contribution in [3.05, 3.63) is 34.6 Å². The molecule has 1 heterocycles. The first-order chi connectivity index (χ1) is 10.1. The summed E-state index contributed by atoms with van der Waals surface area (Å²) < 4.78 is 18.5. The second kappa shape index (κ2) is 7.70. The summed E-state index contributed by atoms with van der Waals surface area (Å²) in [5, 5.41) is 12.3. The SMILES string of the molecule is O=C(NCC(O)CN1CCOCC1)c1cccc(F)c1Cl. The maximum atomic E-state index is 13.3. The van der Waals surface area contributed by atoms with E-state index in [2.05, 4.69) is 10.2 Å². The van der Waals surface area contributed by atoms with Crippen LogP contribution in [-0.2, 0) is 4.74 Å². The Balaban J connectivity index is 1.81. The van der Waals surface area contributed by atoms with Crippen LogP contribution in [0.4, 0.5) is 4.39 Å². The lowest BCUT2D eigenvalue weighted by atomic mass is 10.2. The van der Waals surface area contributed by atoms with Gasteiger partial charge in [0.25, 0.3) is 5.91 Å². The van der Waals surface area contributed by atoms with Gasteiger partial charge in [-0.2, -0.15) is 0 Å². The summed E-state index contributed by atoms with van der Waals surface area (Å²) >= 11 is 5.74. The van der Waals surface area contributed by atoms with E-state index < -0.39 is 17.8 Å². The van der Waals surface area contributed by atoms with Gasteiger partial charge in [0.05, 0.1) is 29.9 Å². The van der Waals surface area contributed by atoms with E-state index in [1.807, 2.05) is 0 Å². The van der Waals surface area contributed by atoms with E-state index in [4.69, 9.17) is 16.3 Å². The molecule has 2 N–H and O–H groups in total. The Kier molecular flexibility index (Phi) is 5.93. The normalized spacial score (nSPS) is 17.5. The molecule has 1 atom stereocenters. The molecule has 1 aromatic carbocycles. The van der Waals surface area contributed by atoms with Crippen LogP contribution in [0.25, 0.3) is 0 Å². The maximum Gasteiger partial charge on any atom is 0.252 e. The Hall–Kier alpha value is -1.21. The molecule has 0 saturated carbocycles. The summed E-state index contributed by atoms with van der Waals surface area (Å²) in [6.45, 7) is 3.38. The van der Waals surface area contributed by atoms with Crippen LogP contribution < -0.4 is 5.32 Å². The number of aliphatic hydroxyl groups excluding tert-OH is 1. The summed E-state index contributed by atoms with van der Waals surface area (Å²) in [6.07, 6.45) is -0.695. The lowest BCUT2D eigenvalue weighted by Crippen LogP contribution is -2.44. The zero-order valence-corrected chi connectivity index (χ0v) is 12.3. The molecule has 116 valence electrons. The number of nitrogens with one attached hydrogen (secondary N) is 1. The molecule has 0 radical (unpaired) electrons. The molecule has 1 aromatic rings. The molecule has 1 aliphatic rings. The molecule has 0 bridgehead atoms. The zero-order valence-electron chi connectivity index (χ0n) is 11.5. The monoisotopic (exact) mass is 316 g/mol. The third-order valence-electron chi connectivity index (χ3n) is 3.27. The summed E-state index contributed by atoms with van der Waals surface area (Å²) in [5.41, 5.74) is 0.0650. The van der Waals surface area contributed by atoms with E-state index in [0.29, 0.717) is 19.8 Å². The summed E-state index contributed by atoms with van der Waals surface area (Å²) in [5.74, 6) is -1.14. The molecule has 1 amide bonds. The first-order valence-corrected chi connectivity index (χ1v) is 7.16. The summed E-state index contributed by atoms with van der Waals surface area (Å²) in [7, 11) is 0. The van der Waals surface area contributed by atoms with Crippen LogP contribution in [0.3, 0.4) is 0 Å². The van der Waals surface area contributed by atoms with Gasteiger partial charge in [-0.15, -0.1) is 0 Å². The van der Waals surface area contributed by atoms with Gasteiger partial charge in [0.15, 0.2) is 0 Å². The Morgan fingerprint density at radius 1 is 1.48 bits per heavy atom. The number of carbonyl (C=O) groups excluding carboxylic acids is 1. The average molecular weight is 317 g/mol. The van der Waals surface area contributed by atoms with Crippen LogP contribution >= 0.6 is 11.6 Å². The minimum absolute atomic E-state index is 0.0650. The summed E-state index contributed by atoms with van der Waals surface area (Å²) in [4.78, 5) is 14.0. The minimum Gasteiger partial charge on any atom is -0.390 e. The molecule has 2 rings (SSSR count). The predicted molar refractivity (Wildman–Crippen MR) is 77.0 cm³/mol. The summed E-state index contributed by atoms with van der Waals surface area (Å²) in [6, 6.07) is 4.04. The molecule has 1 aliphatic heterocycles. The molecule has 21 heavy (non-hydrogen) atoms. The number of hydrogen-bond donors (Lipinski definition) is 2. The standard InChI is InChI=1S/C14H18ClFN2O3/c15-13-11(2-1-3-12(13)16)14(20)17-8-10(19)9-18-4-6-21-7-5-18/h1-3,10,19H,4-9H2,(H,17,20). The number of morpholine rings is 1. The molecule has 1 fully saturated rings. The van der Waals surface area contributed by atoms with Crippen molar-refractivity contribution in [2.75, 3.05) is 39.4 Å². The van der Waals surface area contributed by atoms with E-state index in [-0.39, 0.29) is 17.1 Å². The third kappa shape index (κ3) is 4.64. The molecule has 7 heteroatoms. The number of nitrogens with zero attached hydrogens (tertiary/aromatic N) is 1. The molecule has 1 saturated heterocycles. The number of amides is 1. The number of halogens is 2. The van der Waals surface area contributed by atoms with Crippen molar-refractivity contribution >= 4 is 17.5 Å². The first-order valence-electron chi connectivity index (χ1n) is 6.78. The molecule has 0 aliphatic carbocycles. The number of β-amino-alcohol motifs (C(OH)–C–C–N with tert-alkyl or cyclic N) is 1. The molecule has 0 spiro atoms. The Labute approximate surface area is 127 Å². The highest BCUT2D eigenvalue weighted by molar-refractivity contribution is 6.34. The van der Waals surface area contributed by atoms with E-state index in [1.54, 1.807) is 0 Å². The van der Waals surface area contributed by atoms with Gasteiger partial charge in [0.1, 0.15) is 5.82 Å². The van der Waals surface area contributed by atoms with Crippen LogP contribution in [0.15, 0.2) is 18.2 Å². The van der Waals surface area contributed by atoms with Gasteiger partial charge < -0.3 is 15.2 Å². The van der Waals surface area contributed by atoms with Crippen molar-refractivity contribution in [3.63, 3.8) is 0 Å². The number of hydrogen-bond acceptors (Lipinski definition) is 4. The molecular weight excluding hydrogens is 299 g/mol. The Morgan fingerprint density at radius 2 is 2.19 bits per heavy atom. The average Bonchev–Trinajstić information content (AvgIpc) is 2.48. The van der Waals surface area contributed by atoms with Crippen molar-refractivity contribution in [1.82, 2.24) is 10.2 Å². The topological polar surface area (TPSA) is 61.8 Å². The van der Waals surface area contributed by atoms with Crippen molar-refractivity contribution < 1.29 is 19.0 Å². The van der Waals surface area contributed by atoms with Gasteiger partial charge in [-0.05, 0) is 12.1 Å². The van der Waals surface area contributed by atoms with Crippen LogP contribution in [0.5, 0.6) is 0 Å². The van der Waals surface area contributed by atoms with E-state index in [1.165, 1.54) is 18.2 Å². The Bertz CT molecular complexity index is 495. The minimum atomic E-state index is -0.695. The molecular formula is C14H18ClFN2O3. The van der Waals surface area contributed by atoms with Gasteiger partial charge in [-0.3, -0.25) is 9.69 Å². The largest absolute Gasteiger partial charge is 0.390 e. The van der Waals surface area contributed by atoms with Crippen molar-refractivity contribution in [1.29, 1.82) is 0 Å². The van der Waals surface area contributed by atoms with Crippen molar-refractivity contribution in [3.8, 4) is 0 Å². The lowest BCUT2D eigenvalue weighted by molar-refractivity contribution is 0.0149. The van der Waals surface area contributed by atoms with Crippen LogP contribution in [0.2, 0.25) is 5.02 Å². The van der Waals surface area contributed by atoms with Gasteiger partial charge in [-0.25, -0.2) is 4.39 Å². The highest BCUT2D eigenvalue weighted by Gasteiger charge is 2.17. The predicted octanol–water partition coefficient (Wildman–Crippen LogP) is 0.902. The highest BCUT2D eigenvalue weighted by atomic mass is 35.5. The van der Waals surface area contributed by atoms with Gasteiger partial charge in [-0.1, -0.05) is 17.7 Å². The molecule has 1 unspecified atom stereocenters. The number of ether oxygens (including phenoxy) is 1. The highest BCUT2D eigenvalue weighted by Crippen LogP contribution is 2.19. The van der Waals surface area contributed by atoms with Crippen molar-refractivity contribution in [2.24, 2.45) is 0 Å². The fraction of sp³-hybridized carbons (Fsp3) is 0.500. The fourth-order valence-corrected chi connectivity index (χ4v) is 2.34. The zero-order chi connectivity index (χ0) is 15.2. The third-order valence-corrected chi connectivity index (χ3v) is 3.65. The number of benzene rings is 1. The number of carbonyl (C=O) groups is 1. The fourth-order valence-electron chi connectivity index (χ4n) is 2.13. The van der Waals surface area contributed by atoms with Crippen LogP contribution in [0, 0.1) is 5.82 Å². The molecule has 0 aromatic heterocycles. The Morgan fingerprint density at radius 3 is 2.90 bits per heavy atom. The quantitative estimate of drug-likeness (QED) is 0.847. The van der Waals surface area contributed by atoms with Crippen LogP contribution in [0.1, 0.15) is 10.4 Å². The second-order valence-electron chi connectivity index (χ2n) is 4.88. The number of rotatable bonds is 5. The van der Waals surface area contributed by atoms with E-state index >= 15 is 0 Å². The van der Waals surface area contributed by atoms with E-state index in [9.17, 15) is 14.3 Å². The second-order valence-corrected chi connectivity index (χ2v) is 5.26. The smallest absolute Gasteiger partial charge is 0.252 e. The number of aliphatic hydroxyl groups is 1. The lowest BCUT2D eigenvalue weighted by Gasteiger charge is -2.28.